The molecule has 3 aromatic rings. The van der Waals surface area contributed by atoms with Gasteiger partial charge in [-0.2, -0.15) is 0 Å². The molecule has 2 aromatic carbocycles. The van der Waals surface area contributed by atoms with E-state index in [0.717, 1.165) is 36.9 Å². The Kier molecular flexibility index (Phi) is 8.29. The van der Waals surface area contributed by atoms with Gasteiger partial charge in [0.1, 0.15) is 5.82 Å². The Morgan fingerprint density at radius 2 is 1.79 bits per heavy atom. The molecule has 1 heterocycles. The van der Waals surface area contributed by atoms with Crippen molar-refractivity contribution in [1.29, 1.82) is 0 Å². The first-order chi connectivity index (χ1) is 16.1. The fourth-order valence-corrected chi connectivity index (χ4v) is 4.38. The van der Waals surface area contributed by atoms with E-state index < -0.39 is 0 Å². The van der Waals surface area contributed by atoms with Gasteiger partial charge in [0, 0.05) is 13.0 Å². The molecule has 5 nitrogen and oxygen atoms in total. The van der Waals surface area contributed by atoms with Gasteiger partial charge in [0.25, 0.3) is 5.56 Å². The number of hydrogen-bond donors (Lipinski definition) is 0. The zero-order valence-electron chi connectivity index (χ0n) is 21.6. The van der Waals surface area contributed by atoms with E-state index >= 15 is 0 Å². The van der Waals surface area contributed by atoms with Crippen LogP contribution in [0.5, 0.6) is 0 Å². The minimum atomic E-state index is -0.339. The Bertz CT molecular complexity index is 1190. The lowest BCUT2D eigenvalue weighted by molar-refractivity contribution is -0.135. The third-order valence-corrected chi connectivity index (χ3v) is 6.16. The molecule has 1 atom stereocenters. The average molecular weight is 462 g/mol. The Morgan fingerprint density at radius 3 is 2.47 bits per heavy atom. The van der Waals surface area contributed by atoms with E-state index in [1.165, 1.54) is 0 Å². The maximum absolute atomic E-state index is 13.7. The lowest BCUT2D eigenvalue weighted by Gasteiger charge is -2.33. The lowest BCUT2D eigenvalue weighted by atomic mass is 9.91. The molecule has 0 N–H and O–H groups in total. The number of aryl methyl sites for hydroxylation is 1. The SMILES string of the molecule is CCCCCCN(C(=O)CC(C)(C)C)C(C)c1nc2ccccc2c(=O)n1-c1cccc(C)c1. The Labute approximate surface area is 203 Å². The number of benzene rings is 2. The summed E-state index contributed by atoms with van der Waals surface area (Å²) in [5.41, 5.74) is 2.28. The van der Waals surface area contributed by atoms with Crippen molar-refractivity contribution in [3.05, 3.63) is 70.3 Å². The molecule has 0 saturated heterocycles. The highest BCUT2D eigenvalue weighted by molar-refractivity contribution is 5.79. The minimum Gasteiger partial charge on any atom is -0.333 e. The van der Waals surface area contributed by atoms with Crippen molar-refractivity contribution in [2.45, 2.75) is 79.7 Å². The van der Waals surface area contributed by atoms with E-state index in [9.17, 15) is 9.59 Å². The first-order valence-electron chi connectivity index (χ1n) is 12.5. The molecule has 0 radical (unpaired) electrons. The quantitative estimate of drug-likeness (QED) is 0.337. The van der Waals surface area contributed by atoms with Crippen LogP contribution in [0.1, 0.15) is 84.2 Å². The van der Waals surface area contributed by atoms with Crippen LogP contribution in [0.4, 0.5) is 0 Å². The van der Waals surface area contributed by atoms with Crippen LogP contribution in [-0.2, 0) is 4.79 Å². The predicted molar refractivity (Wildman–Crippen MR) is 140 cm³/mol. The molecule has 0 aliphatic rings. The van der Waals surface area contributed by atoms with Gasteiger partial charge in [0.2, 0.25) is 5.91 Å². The highest BCUT2D eigenvalue weighted by atomic mass is 16.2. The molecule has 34 heavy (non-hydrogen) atoms. The van der Waals surface area contributed by atoms with Crippen LogP contribution in [0.3, 0.4) is 0 Å². The van der Waals surface area contributed by atoms with Crippen LogP contribution in [0.15, 0.2) is 53.3 Å². The van der Waals surface area contributed by atoms with Crippen LogP contribution < -0.4 is 5.56 Å². The van der Waals surface area contributed by atoms with Crippen LogP contribution in [0.2, 0.25) is 0 Å². The second-order valence-electron chi connectivity index (χ2n) is 10.5. The molecule has 0 saturated carbocycles. The summed E-state index contributed by atoms with van der Waals surface area (Å²) in [7, 11) is 0. The van der Waals surface area contributed by atoms with Gasteiger partial charge in [-0.05, 0) is 55.5 Å². The number of para-hydroxylation sites is 1. The summed E-state index contributed by atoms with van der Waals surface area (Å²) >= 11 is 0. The molecule has 0 aliphatic heterocycles. The van der Waals surface area contributed by atoms with Crippen LogP contribution in [-0.4, -0.2) is 26.9 Å². The number of unbranched alkanes of at least 4 members (excludes halogenated alkanes) is 3. The second-order valence-corrected chi connectivity index (χ2v) is 10.5. The van der Waals surface area contributed by atoms with Gasteiger partial charge >= 0.3 is 0 Å². The second kappa shape index (κ2) is 11.0. The fourth-order valence-electron chi connectivity index (χ4n) is 4.38. The smallest absolute Gasteiger partial charge is 0.266 e. The van der Waals surface area contributed by atoms with Gasteiger partial charge in [-0.3, -0.25) is 14.2 Å². The van der Waals surface area contributed by atoms with Crippen LogP contribution in [0, 0.1) is 12.3 Å². The van der Waals surface area contributed by atoms with E-state index in [1.54, 1.807) is 4.57 Å². The van der Waals surface area contributed by atoms with Crippen molar-refractivity contribution in [2.24, 2.45) is 5.41 Å². The van der Waals surface area contributed by atoms with Gasteiger partial charge < -0.3 is 4.90 Å². The Balaban J connectivity index is 2.14. The Hall–Kier alpha value is -2.95. The van der Waals surface area contributed by atoms with Crippen molar-refractivity contribution in [3.63, 3.8) is 0 Å². The summed E-state index contributed by atoms with van der Waals surface area (Å²) in [6, 6.07) is 15.0. The molecule has 1 aromatic heterocycles. The van der Waals surface area contributed by atoms with Gasteiger partial charge in [0.15, 0.2) is 0 Å². The Morgan fingerprint density at radius 1 is 1.06 bits per heavy atom. The first-order valence-corrected chi connectivity index (χ1v) is 12.5. The standard InChI is InChI=1S/C29H39N3O2/c1-7-8-9-12-18-31(26(33)20-29(4,5)6)22(3)27-30-25-17-11-10-16-24(25)28(34)32(27)23-15-13-14-21(2)19-23/h10-11,13-17,19,22H,7-9,12,18,20H2,1-6H3. The van der Waals surface area contributed by atoms with E-state index in [1.807, 2.05) is 67.3 Å². The van der Waals surface area contributed by atoms with Crippen molar-refractivity contribution in [1.82, 2.24) is 14.5 Å². The van der Waals surface area contributed by atoms with Gasteiger partial charge in [-0.15, -0.1) is 0 Å². The van der Waals surface area contributed by atoms with Gasteiger partial charge in [-0.25, -0.2) is 4.98 Å². The van der Waals surface area contributed by atoms with Crippen LogP contribution in [0.25, 0.3) is 16.6 Å². The third kappa shape index (κ3) is 6.13. The van der Waals surface area contributed by atoms with E-state index in [0.29, 0.717) is 29.7 Å². The number of nitrogens with zero attached hydrogens (tertiary/aromatic N) is 3. The number of carbonyl (C=O) groups excluding carboxylic acids is 1. The van der Waals surface area contributed by atoms with E-state index in [4.69, 9.17) is 4.98 Å². The number of hydrogen-bond acceptors (Lipinski definition) is 3. The summed E-state index contributed by atoms with van der Waals surface area (Å²) in [6.07, 6.45) is 4.77. The first kappa shape index (κ1) is 25.7. The molecular weight excluding hydrogens is 422 g/mol. The maximum atomic E-state index is 13.7. The molecule has 0 aliphatic carbocycles. The van der Waals surface area contributed by atoms with Crippen molar-refractivity contribution in [2.75, 3.05) is 6.54 Å². The molecule has 0 fully saturated rings. The summed E-state index contributed by atoms with van der Waals surface area (Å²) in [5, 5.41) is 0.579. The zero-order valence-corrected chi connectivity index (χ0v) is 21.6. The molecule has 182 valence electrons. The molecular formula is C29H39N3O2. The normalized spacial score (nSPS) is 12.6. The summed E-state index contributed by atoms with van der Waals surface area (Å²) in [4.78, 5) is 34.1. The molecule has 5 heteroatoms. The predicted octanol–water partition coefficient (Wildman–Crippen LogP) is 6.60. The maximum Gasteiger partial charge on any atom is 0.266 e. The largest absolute Gasteiger partial charge is 0.333 e. The van der Waals surface area contributed by atoms with Gasteiger partial charge in [-0.1, -0.05) is 71.2 Å². The van der Waals surface area contributed by atoms with Crippen LogP contribution >= 0.6 is 0 Å². The summed E-state index contributed by atoms with van der Waals surface area (Å²) in [6.45, 7) is 13.1. The number of aromatic nitrogens is 2. The number of rotatable bonds is 9. The fraction of sp³-hybridized carbons (Fsp3) is 0.483. The molecule has 1 amide bonds. The van der Waals surface area contributed by atoms with Crippen molar-refractivity contribution < 1.29 is 4.79 Å². The van der Waals surface area contributed by atoms with Crippen molar-refractivity contribution in [3.8, 4) is 5.69 Å². The highest BCUT2D eigenvalue weighted by Crippen LogP contribution is 2.27. The van der Waals surface area contributed by atoms with Gasteiger partial charge in [0.05, 0.1) is 22.6 Å². The van der Waals surface area contributed by atoms with Crippen molar-refractivity contribution >= 4 is 16.8 Å². The molecule has 3 rings (SSSR count). The van der Waals surface area contributed by atoms with E-state index in [2.05, 4.69) is 27.7 Å². The summed E-state index contributed by atoms with van der Waals surface area (Å²) < 4.78 is 1.70. The molecule has 0 bridgehead atoms. The number of carbonyl (C=O) groups is 1. The molecule has 1 unspecified atom stereocenters. The zero-order chi connectivity index (χ0) is 24.9. The minimum absolute atomic E-state index is 0.104. The number of amides is 1. The summed E-state index contributed by atoms with van der Waals surface area (Å²) in [5.74, 6) is 0.710. The lowest BCUT2D eigenvalue weighted by Crippen LogP contribution is -2.39. The highest BCUT2D eigenvalue weighted by Gasteiger charge is 2.29. The number of fused-ring (bicyclic) bond motifs is 1. The monoisotopic (exact) mass is 461 g/mol. The third-order valence-electron chi connectivity index (χ3n) is 6.16. The van der Waals surface area contributed by atoms with E-state index in [-0.39, 0.29) is 22.9 Å². The molecule has 0 spiro atoms. The average Bonchev–Trinajstić information content (AvgIpc) is 2.77. The topological polar surface area (TPSA) is 55.2 Å².